The van der Waals surface area contributed by atoms with Crippen molar-refractivity contribution in [2.24, 2.45) is 0 Å². The molecule has 0 aromatic carbocycles. The lowest BCUT2D eigenvalue weighted by Gasteiger charge is -2.00. The number of thioether (sulfide) groups is 1. The first kappa shape index (κ1) is 9.79. The lowest BCUT2D eigenvalue weighted by molar-refractivity contribution is 0.0688. The Kier molecular flexibility index (Phi) is 2.72. The van der Waals surface area contributed by atoms with Crippen molar-refractivity contribution in [3.63, 3.8) is 0 Å². The van der Waals surface area contributed by atoms with E-state index in [0.717, 1.165) is 0 Å². The van der Waals surface area contributed by atoms with Crippen LogP contribution in [-0.2, 0) is 0 Å². The van der Waals surface area contributed by atoms with Crippen molar-refractivity contribution in [1.29, 1.82) is 0 Å². The molecule has 0 atom stereocenters. The minimum Gasteiger partial charge on any atom is -0.476 e. The Labute approximate surface area is 78.2 Å². The van der Waals surface area contributed by atoms with Crippen LogP contribution in [0.5, 0.6) is 0 Å². The normalized spacial score (nSPS) is 10.0. The molecule has 0 aliphatic carbocycles. The van der Waals surface area contributed by atoms with Gasteiger partial charge in [0.25, 0.3) is 5.56 Å². The van der Waals surface area contributed by atoms with Gasteiger partial charge in [-0.2, -0.15) is 0 Å². The number of aromatic nitrogens is 2. The lowest BCUT2D eigenvalue weighted by atomic mass is 10.2. The molecule has 0 saturated carbocycles. The van der Waals surface area contributed by atoms with Crippen LogP contribution >= 0.6 is 11.8 Å². The first-order chi connectivity index (χ1) is 6.06. The quantitative estimate of drug-likeness (QED) is 0.536. The monoisotopic (exact) mass is 200 g/mol. The van der Waals surface area contributed by atoms with Gasteiger partial charge in [0.15, 0.2) is 10.9 Å². The van der Waals surface area contributed by atoms with Crippen LogP contribution in [0.3, 0.4) is 0 Å². The van der Waals surface area contributed by atoms with E-state index in [1.54, 1.807) is 6.26 Å². The summed E-state index contributed by atoms with van der Waals surface area (Å²) in [6.07, 6.45) is 1.71. The van der Waals surface area contributed by atoms with E-state index < -0.39 is 11.5 Å². The van der Waals surface area contributed by atoms with Gasteiger partial charge in [0.2, 0.25) is 0 Å². The van der Waals surface area contributed by atoms with Crippen LogP contribution in [0.1, 0.15) is 16.1 Å². The van der Waals surface area contributed by atoms with Gasteiger partial charge in [0.05, 0.1) is 0 Å². The van der Waals surface area contributed by atoms with Gasteiger partial charge in [-0.25, -0.2) is 9.78 Å². The summed E-state index contributed by atoms with van der Waals surface area (Å²) in [6, 6.07) is 0. The van der Waals surface area contributed by atoms with Crippen molar-refractivity contribution in [2.45, 2.75) is 12.1 Å². The largest absolute Gasteiger partial charge is 0.476 e. The van der Waals surface area contributed by atoms with E-state index in [4.69, 9.17) is 5.11 Å². The molecule has 1 rings (SSSR count). The molecule has 0 aliphatic heterocycles. The molecule has 6 heteroatoms. The van der Waals surface area contributed by atoms with Crippen LogP contribution in [-0.4, -0.2) is 27.3 Å². The van der Waals surface area contributed by atoms with E-state index in [1.165, 1.54) is 18.7 Å². The highest BCUT2D eigenvalue weighted by Crippen LogP contribution is 2.07. The maximum atomic E-state index is 11.2. The first-order valence-electron chi connectivity index (χ1n) is 3.44. The number of aromatic amines is 1. The molecule has 1 aromatic rings. The molecule has 70 valence electrons. The SMILES string of the molecule is CSc1nc(C(=O)O)c(C)c(=O)[nH]1. The summed E-state index contributed by atoms with van der Waals surface area (Å²) < 4.78 is 0. The first-order valence-corrected chi connectivity index (χ1v) is 4.67. The van der Waals surface area contributed by atoms with Crippen LogP contribution in [0.4, 0.5) is 0 Å². The van der Waals surface area contributed by atoms with Crippen LogP contribution in [0.2, 0.25) is 0 Å². The highest BCUT2D eigenvalue weighted by Gasteiger charge is 2.13. The molecule has 0 bridgehead atoms. The Balaban J connectivity index is 3.42. The molecule has 1 aromatic heterocycles. The van der Waals surface area contributed by atoms with Gasteiger partial charge in [0.1, 0.15) is 0 Å². The summed E-state index contributed by atoms with van der Waals surface area (Å²) >= 11 is 1.19. The van der Waals surface area contributed by atoms with E-state index in [0.29, 0.717) is 5.16 Å². The smallest absolute Gasteiger partial charge is 0.355 e. The van der Waals surface area contributed by atoms with Crippen molar-refractivity contribution in [2.75, 3.05) is 6.26 Å². The number of hydrogen-bond acceptors (Lipinski definition) is 4. The predicted molar refractivity (Wildman–Crippen MR) is 48.3 cm³/mol. The summed E-state index contributed by atoms with van der Waals surface area (Å²) in [5.74, 6) is -1.18. The highest BCUT2D eigenvalue weighted by atomic mass is 32.2. The summed E-state index contributed by atoms with van der Waals surface area (Å²) in [5, 5.41) is 9.00. The van der Waals surface area contributed by atoms with Crippen molar-refractivity contribution < 1.29 is 9.90 Å². The van der Waals surface area contributed by atoms with Crippen LogP contribution in [0, 0.1) is 6.92 Å². The second-order valence-corrected chi connectivity index (χ2v) is 3.15. The average molecular weight is 200 g/mol. The van der Waals surface area contributed by atoms with Gasteiger partial charge >= 0.3 is 5.97 Å². The average Bonchev–Trinajstić information content (AvgIpc) is 2.09. The number of nitrogens with one attached hydrogen (secondary N) is 1. The molecule has 5 nitrogen and oxygen atoms in total. The Morgan fingerprint density at radius 3 is 2.69 bits per heavy atom. The van der Waals surface area contributed by atoms with Gasteiger partial charge in [0, 0.05) is 5.56 Å². The van der Waals surface area contributed by atoms with Crippen molar-refractivity contribution >= 4 is 17.7 Å². The summed E-state index contributed by atoms with van der Waals surface area (Å²) in [6.45, 7) is 1.43. The summed E-state index contributed by atoms with van der Waals surface area (Å²) in [4.78, 5) is 28.0. The zero-order valence-electron chi connectivity index (χ0n) is 7.12. The van der Waals surface area contributed by atoms with Crippen LogP contribution < -0.4 is 5.56 Å². The number of hydrogen-bond donors (Lipinski definition) is 2. The number of rotatable bonds is 2. The van der Waals surface area contributed by atoms with Crippen molar-refractivity contribution in [3.8, 4) is 0 Å². The molecule has 0 saturated heterocycles. The third kappa shape index (κ3) is 1.89. The molecule has 0 unspecified atom stereocenters. The Bertz CT molecular complexity index is 399. The van der Waals surface area contributed by atoms with E-state index >= 15 is 0 Å². The minimum absolute atomic E-state index is 0.130. The Morgan fingerprint density at radius 1 is 1.62 bits per heavy atom. The second-order valence-electron chi connectivity index (χ2n) is 2.35. The fourth-order valence-corrected chi connectivity index (χ4v) is 1.19. The Hall–Kier alpha value is -1.30. The molecular formula is C7H8N2O3S. The summed E-state index contributed by atoms with van der Waals surface area (Å²) in [5.41, 5.74) is -0.463. The van der Waals surface area contributed by atoms with Gasteiger partial charge in [-0.1, -0.05) is 11.8 Å². The van der Waals surface area contributed by atoms with Crippen LogP contribution in [0.25, 0.3) is 0 Å². The number of carbonyl (C=O) groups is 1. The molecule has 0 fully saturated rings. The third-order valence-corrected chi connectivity index (χ3v) is 2.11. The van der Waals surface area contributed by atoms with Gasteiger partial charge in [-0.05, 0) is 13.2 Å². The topological polar surface area (TPSA) is 83.0 Å². The fraction of sp³-hybridized carbons (Fsp3) is 0.286. The maximum absolute atomic E-state index is 11.2. The number of aromatic carboxylic acids is 1. The van der Waals surface area contributed by atoms with E-state index in [2.05, 4.69) is 9.97 Å². The summed E-state index contributed by atoms with van der Waals surface area (Å²) in [7, 11) is 0. The molecule has 2 N–H and O–H groups in total. The zero-order chi connectivity index (χ0) is 10.0. The third-order valence-electron chi connectivity index (χ3n) is 1.53. The predicted octanol–water partition coefficient (Wildman–Crippen LogP) is 0.498. The molecular weight excluding hydrogens is 192 g/mol. The Morgan fingerprint density at radius 2 is 2.23 bits per heavy atom. The molecule has 0 spiro atoms. The zero-order valence-corrected chi connectivity index (χ0v) is 7.94. The van der Waals surface area contributed by atoms with Crippen molar-refractivity contribution in [3.05, 3.63) is 21.6 Å². The number of nitrogens with zero attached hydrogens (tertiary/aromatic N) is 1. The van der Waals surface area contributed by atoms with Crippen LogP contribution in [0.15, 0.2) is 9.95 Å². The van der Waals surface area contributed by atoms with Gasteiger partial charge in [-0.3, -0.25) is 4.79 Å². The van der Waals surface area contributed by atoms with Gasteiger partial charge < -0.3 is 10.1 Å². The molecule has 0 aliphatic rings. The van der Waals surface area contributed by atoms with E-state index in [1.807, 2.05) is 0 Å². The fourth-order valence-electron chi connectivity index (χ4n) is 0.817. The molecule has 0 radical (unpaired) electrons. The number of carboxylic acids is 1. The standard InChI is InChI=1S/C7H8N2O3S/c1-3-4(6(11)12)8-7(13-2)9-5(3)10/h1-2H3,(H,11,12)(H,8,9,10). The molecule has 0 amide bonds. The lowest BCUT2D eigenvalue weighted by Crippen LogP contribution is -2.18. The van der Waals surface area contributed by atoms with Crippen molar-refractivity contribution in [1.82, 2.24) is 9.97 Å². The number of carboxylic acid groups (broad SMARTS) is 1. The molecule has 13 heavy (non-hydrogen) atoms. The van der Waals surface area contributed by atoms with Gasteiger partial charge in [-0.15, -0.1) is 0 Å². The number of H-pyrrole nitrogens is 1. The van der Waals surface area contributed by atoms with E-state index in [9.17, 15) is 9.59 Å². The highest BCUT2D eigenvalue weighted by molar-refractivity contribution is 7.98. The molecule has 1 heterocycles. The minimum atomic E-state index is -1.18. The second kappa shape index (κ2) is 3.61. The maximum Gasteiger partial charge on any atom is 0.355 e. The van der Waals surface area contributed by atoms with E-state index in [-0.39, 0.29) is 11.3 Å².